The van der Waals surface area contributed by atoms with E-state index < -0.39 is 11.6 Å². The Morgan fingerprint density at radius 3 is 1.97 bits per heavy atom. The van der Waals surface area contributed by atoms with Crippen molar-refractivity contribution in [3.63, 3.8) is 0 Å². The van der Waals surface area contributed by atoms with Gasteiger partial charge in [0.15, 0.2) is 0 Å². The number of hydrogen-bond donors (Lipinski definition) is 3. The first-order valence-electron chi connectivity index (χ1n) is 13.0. The van der Waals surface area contributed by atoms with Crippen molar-refractivity contribution in [3.05, 3.63) is 108 Å². The third-order valence-electron chi connectivity index (χ3n) is 7.15. The lowest BCUT2D eigenvalue weighted by Crippen LogP contribution is -2.58. The van der Waals surface area contributed by atoms with E-state index in [2.05, 4.69) is 16.0 Å². The molecule has 3 N–H and O–H groups in total. The van der Waals surface area contributed by atoms with Gasteiger partial charge >= 0.3 is 0 Å². The molecule has 2 atom stereocenters. The normalized spacial score (nSPS) is 16.5. The van der Waals surface area contributed by atoms with Crippen molar-refractivity contribution in [3.8, 4) is 0 Å². The van der Waals surface area contributed by atoms with Crippen LogP contribution in [0.3, 0.4) is 0 Å². The Morgan fingerprint density at radius 1 is 0.806 bits per heavy atom. The summed E-state index contributed by atoms with van der Waals surface area (Å²) in [6.07, 6.45) is 5.93. The minimum absolute atomic E-state index is 0.113. The molecule has 0 aliphatic heterocycles. The summed E-state index contributed by atoms with van der Waals surface area (Å²) < 4.78 is 0. The quantitative estimate of drug-likeness (QED) is 0.385. The van der Waals surface area contributed by atoms with Crippen LogP contribution < -0.4 is 16.0 Å². The maximum Gasteiger partial charge on any atom is 0.245 e. The highest BCUT2D eigenvalue weighted by atomic mass is 16.2. The van der Waals surface area contributed by atoms with Gasteiger partial charge in [-0.05, 0) is 36.5 Å². The molecule has 0 spiro atoms. The fourth-order valence-corrected chi connectivity index (χ4v) is 4.87. The van der Waals surface area contributed by atoms with E-state index in [4.69, 9.17) is 0 Å². The van der Waals surface area contributed by atoms with E-state index in [9.17, 15) is 9.59 Å². The first-order valence-corrected chi connectivity index (χ1v) is 13.0. The van der Waals surface area contributed by atoms with Crippen LogP contribution in [0.4, 0.5) is 0 Å². The van der Waals surface area contributed by atoms with Crippen molar-refractivity contribution >= 4 is 11.8 Å². The minimum atomic E-state index is -1.02. The van der Waals surface area contributed by atoms with E-state index in [-0.39, 0.29) is 17.9 Å². The van der Waals surface area contributed by atoms with Gasteiger partial charge in [-0.15, -0.1) is 0 Å². The van der Waals surface area contributed by atoms with E-state index in [0.717, 1.165) is 42.4 Å². The Labute approximate surface area is 214 Å². The van der Waals surface area contributed by atoms with E-state index in [0.29, 0.717) is 13.0 Å². The number of amides is 2. The van der Waals surface area contributed by atoms with Crippen LogP contribution in [0.25, 0.3) is 0 Å². The summed E-state index contributed by atoms with van der Waals surface area (Å²) in [5, 5.41) is 9.81. The Hall–Kier alpha value is -3.44. The lowest BCUT2D eigenvalue weighted by molar-refractivity contribution is -0.133. The maximum atomic E-state index is 13.9. The molecule has 5 heteroatoms. The molecule has 0 heterocycles. The van der Waals surface area contributed by atoms with Crippen molar-refractivity contribution in [2.75, 3.05) is 0 Å². The molecule has 4 rings (SSSR count). The predicted molar refractivity (Wildman–Crippen MR) is 144 cm³/mol. The second-order valence-corrected chi connectivity index (χ2v) is 9.89. The molecule has 36 heavy (non-hydrogen) atoms. The molecular formula is C31H37N3O2. The fourth-order valence-electron chi connectivity index (χ4n) is 4.87. The molecule has 3 aromatic rings. The lowest BCUT2D eigenvalue weighted by atomic mass is 9.89. The predicted octanol–water partition coefficient (Wildman–Crippen LogP) is 4.87. The van der Waals surface area contributed by atoms with E-state index >= 15 is 0 Å². The van der Waals surface area contributed by atoms with Gasteiger partial charge in [-0.3, -0.25) is 14.9 Å². The average molecular weight is 484 g/mol. The lowest BCUT2D eigenvalue weighted by Gasteiger charge is -2.33. The van der Waals surface area contributed by atoms with Crippen LogP contribution in [-0.4, -0.2) is 23.9 Å². The van der Waals surface area contributed by atoms with Crippen molar-refractivity contribution < 1.29 is 9.59 Å². The molecule has 1 fully saturated rings. The van der Waals surface area contributed by atoms with Crippen molar-refractivity contribution in [1.29, 1.82) is 0 Å². The second-order valence-electron chi connectivity index (χ2n) is 9.89. The summed E-state index contributed by atoms with van der Waals surface area (Å²) in [5.41, 5.74) is 1.94. The largest absolute Gasteiger partial charge is 0.352 e. The van der Waals surface area contributed by atoms with Crippen LogP contribution >= 0.6 is 0 Å². The Balaban J connectivity index is 1.55. The molecule has 2 amide bonds. The number of carbonyl (C=O) groups is 2. The molecule has 0 saturated heterocycles. The Bertz CT molecular complexity index is 1100. The van der Waals surface area contributed by atoms with Gasteiger partial charge < -0.3 is 10.6 Å². The molecule has 0 unspecified atom stereocenters. The van der Waals surface area contributed by atoms with Gasteiger partial charge in [-0.25, -0.2) is 0 Å². The summed E-state index contributed by atoms with van der Waals surface area (Å²) in [5.74, 6) is -0.332. The maximum absolute atomic E-state index is 13.9. The molecule has 1 aliphatic rings. The third kappa shape index (κ3) is 6.82. The molecule has 5 nitrogen and oxygen atoms in total. The summed E-state index contributed by atoms with van der Waals surface area (Å²) in [7, 11) is 0. The zero-order chi connectivity index (χ0) is 25.2. The van der Waals surface area contributed by atoms with Crippen LogP contribution in [0.2, 0.25) is 0 Å². The standard InChI is InChI=1S/C31H37N3O2/c1-31(26-18-10-4-11-19-26,32-23-25-16-8-3-9-17-25)30(36)34-28(22-24-14-6-2-7-15-24)29(35)33-27-20-12-5-13-21-27/h2-4,6-11,14-19,27-28,32H,5,12-13,20-23H2,1H3,(H,33,35)(H,34,36)/t28-,31+/m0/s1. The highest BCUT2D eigenvalue weighted by Gasteiger charge is 2.37. The topological polar surface area (TPSA) is 70.2 Å². The molecule has 0 aromatic heterocycles. The average Bonchev–Trinajstić information content (AvgIpc) is 2.93. The Kier molecular flexibility index (Phi) is 8.90. The number of carbonyl (C=O) groups excluding carboxylic acids is 2. The number of rotatable bonds is 10. The Morgan fingerprint density at radius 2 is 1.36 bits per heavy atom. The monoisotopic (exact) mass is 483 g/mol. The zero-order valence-electron chi connectivity index (χ0n) is 21.1. The van der Waals surface area contributed by atoms with E-state index in [1.165, 1.54) is 6.42 Å². The SMILES string of the molecule is C[C@](NCc1ccccc1)(C(=O)N[C@@H](Cc1ccccc1)C(=O)NC1CCCCC1)c1ccccc1. The highest BCUT2D eigenvalue weighted by molar-refractivity contribution is 5.93. The summed E-state index contributed by atoms with van der Waals surface area (Å²) in [6, 6.07) is 29.1. The molecule has 3 aromatic carbocycles. The first kappa shape index (κ1) is 25.6. The van der Waals surface area contributed by atoms with Gasteiger partial charge in [0.1, 0.15) is 11.6 Å². The smallest absolute Gasteiger partial charge is 0.245 e. The van der Waals surface area contributed by atoms with Gasteiger partial charge in [-0.2, -0.15) is 0 Å². The van der Waals surface area contributed by atoms with Gasteiger partial charge in [0.25, 0.3) is 0 Å². The van der Waals surface area contributed by atoms with Crippen molar-refractivity contribution in [2.45, 2.75) is 69.6 Å². The minimum Gasteiger partial charge on any atom is -0.352 e. The molecule has 1 aliphatic carbocycles. The molecule has 1 saturated carbocycles. The van der Waals surface area contributed by atoms with Crippen LogP contribution in [-0.2, 0) is 28.1 Å². The van der Waals surface area contributed by atoms with E-state index in [1.54, 1.807) is 0 Å². The fraction of sp³-hybridized carbons (Fsp3) is 0.355. The van der Waals surface area contributed by atoms with Crippen LogP contribution in [0, 0.1) is 0 Å². The molecule has 0 bridgehead atoms. The van der Waals surface area contributed by atoms with Crippen LogP contribution in [0.5, 0.6) is 0 Å². The van der Waals surface area contributed by atoms with Crippen molar-refractivity contribution in [2.24, 2.45) is 0 Å². The van der Waals surface area contributed by atoms with Gasteiger partial charge in [0, 0.05) is 19.0 Å². The zero-order valence-corrected chi connectivity index (χ0v) is 21.1. The molecule has 188 valence electrons. The van der Waals surface area contributed by atoms with Crippen LogP contribution in [0.15, 0.2) is 91.0 Å². The van der Waals surface area contributed by atoms with Gasteiger partial charge in [0.05, 0.1) is 0 Å². The van der Waals surface area contributed by atoms with Gasteiger partial charge in [0.2, 0.25) is 11.8 Å². The second kappa shape index (κ2) is 12.5. The van der Waals surface area contributed by atoms with E-state index in [1.807, 2.05) is 97.9 Å². The van der Waals surface area contributed by atoms with Gasteiger partial charge in [-0.1, -0.05) is 110 Å². The summed E-state index contributed by atoms with van der Waals surface area (Å²) >= 11 is 0. The molecule has 0 radical (unpaired) electrons. The number of hydrogen-bond acceptors (Lipinski definition) is 3. The van der Waals surface area contributed by atoms with Crippen LogP contribution in [0.1, 0.15) is 55.7 Å². The number of benzene rings is 3. The summed E-state index contributed by atoms with van der Waals surface area (Å²) in [4.78, 5) is 27.4. The summed E-state index contributed by atoms with van der Waals surface area (Å²) in [6.45, 7) is 2.41. The first-order chi connectivity index (χ1) is 17.5. The third-order valence-corrected chi connectivity index (χ3v) is 7.15. The molecular weight excluding hydrogens is 446 g/mol. The van der Waals surface area contributed by atoms with Crippen molar-refractivity contribution in [1.82, 2.24) is 16.0 Å². The highest BCUT2D eigenvalue weighted by Crippen LogP contribution is 2.23. The number of nitrogens with one attached hydrogen (secondary N) is 3.